The number of aliphatic hydroxyl groups excluding tert-OH is 2. The normalized spacial score (nSPS) is 37.2. The molecule has 3 fully saturated rings. The first-order valence-corrected chi connectivity index (χ1v) is 18.1. The van der Waals surface area contributed by atoms with Crippen molar-refractivity contribution < 1.29 is 51.8 Å². The zero-order valence-electron chi connectivity index (χ0n) is 23.7. The predicted molar refractivity (Wildman–Crippen MR) is 160 cm³/mol. The van der Waals surface area contributed by atoms with Gasteiger partial charge in [0.2, 0.25) is 5.52 Å². The van der Waals surface area contributed by atoms with E-state index in [4.69, 9.17) is 18.1 Å². The number of fused-ring (bicyclic) bond motifs is 5. The fourth-order valence-electron chi connectivity index (χ4n) is 6.56. The molecule has 7 rings (SSSR count). The fraction of sp³-hybridized carbons (Fsp3) is 0.565. The Labute approximate surface area is 270 Å². The third-order valence-corrected chi connectivity index (χ3v) is 11.4. The van der Waals surface area contributed by atoms with Crippen LogP contribution in [0.1, 0.15) is 30.7 Å². The monoisotopic (exact) mass is 797 g/mol. The van der Waals surface area contributed by atoms with Gasteiger partial charge in [0.15, 0.2) is 12.0 Å². The molecular formula is C23H28IN8O12P2+. The highest BCUT2D eigenvalue weighted by atomic mass is 127. The second-order valence-electron chi connectivity index (χ2n) is 11.5. The average molecular weight is 797 g/mol. The Kier molecular flexibility index (Phi) is 8.12. The molecule has 3 aliphatic rings. The summed E-state index contributed by atoms with van der Waals surface area (Å²) in [5.41, 5.74) is -0.625. The molecule has 4 aromatic heterocycles. The molecule has 10 atom stereocenters. The largest absolute Gasteiger partial charge is 0.472 e. The van der Waals surface area contributed by atoms with Crippen molar-refractivity contribution in [3.8, 4) is 0 Å². The van der Waals surface area contributed by atoms with E-state index in [2.05, 4.69) is 29.9 Å². The van der Waals surface area contributed by atoms with Crippen LogP contribution in [0.25, 0.3) is 22.3 Å². The summed E-state index contributed by atoms with van der Waals surface area (Å²) >= 11 is 2.01. The van der Waals surface area contributed by atoms with Crippen molar-refractivity contribution in [2.75, 3.05) is 13.2 Å². The summed E-state index contributed by atoms with van der Waals surface area (Å²) in [6.45, 7) is 0.577. The molecule has 7 N–H and O–H groups in total. The van der Waals surface area contributed by atoms with Crippen LogP contribution in [0.3, 0.4) is 0 Å². The third kappa shape index (κ3) is 5.70. The molecule has 4 aromatic rings. The van der Waals surface area contributed by atoms with Gasteiger partial charge in [-0.2, -0.15) is 0 Å². The number of aromatic nitrogens is 8. The van der Waals surface area contributed by atoms with Gasteiger partial charge in [-0.15, -0.1) is 0 Å². The van der Waals surface area contributed by atoms with Gasteiger partial charge in [0.05, 0.1) is 31.7 Å². The summed E-state index contributed by atoms with van der Waals surface area (Å²) < 4.78 is 51.7. The number of nitrogens with one attached hydrogen (secondary N) is 3. The van der Waals surface area contributed by atoms with Gasteiger partial charge in [-0.1, -0.05) is 0 Å². The molecule has 46 heavy (non-hydrogen) atoms. The van der Waals surface area contributed by atoms with E-state index in [0.717, 1.165) is 0 Å². The molecule has 248 valence electrons. The average Bonchev–Trinajstić information content (AvgIpc) is 3.72. The van der Waals surface area contributed by atoms with Crippen LogP contribution in [0, 0.1) is 22.5 Å². The molecule has 1 saturated heterocycles. The van der Waals surface area contributed by atoms with E-state index in [-0.39, 0.29) is 24.0 Å². The summed E-state index contributed by atoms with van der Waals surface area (Å²) in [4.78, 5) is 66.1. The number of imidazole rings is 2. The van der Waals surface area contributed by atoms with E-state index in [1.165, 1.54) is 17.2 Å². The first-order chi connectivity index (χ1) is 21.7. The van der Waals surface area contributed by atoms with Crippen LogP contribution in [-0.2, 0) is 27.2 Å². The van der Waals surface area contributed by atoms with E-state index < -0.39 is 88.4 Å². The van der Waals surface area contributed by atoms with Crippen molar-refractivity contribution in [3.05, 3.63) is 43.0 Å². The SMILES string of the molecule is Cc1nc(I)c2ncn([C@@H]3C[C@@H]4COP(=O)(O)OC5C(O)[C@H]([n+]6c[nH]c7c(=O)[nH]c(=O)[nH]c76)C[C@@H]5COP(=O)(O)OC3C4O)c2n1. The predicted octanol–water partition coefficient (Wildman–Crippen LogP) is -0.553. The second kappa shape index (κ2) is 11.6. The molecule has 2 saturated carbocycles. The number of aromatic amines is 3. The summed E-state index contributed by atoms with van der Waals surface area (Å²) in [5, 5.41) is 22.5. The van der Waals surface area contributed by atoms with Crippen LogP contribution >= 0.6 is 38.2 Å². The number of H-pyrrole nitrogens is 3. The first kappa shape index (κ1) is 32.1. The van der Waals surface area contributed by atoms with Crippen molar-refractivity contribution >= 4 is 60.6 Å². The van der Waals surface area contributed by atoms with E-state index in [1.54, 1.807) is 11.5 Å². The topological polar surface area (TPSA) is 281 Å². The lowest BCUT2D eigenvalue weighted by atomic mass is 10.1. The Morgan fingerprint density at radius 3 is 2.43 bits per heavy atom. The molecule has 5 heterocycles. The highest BCUT2D eigenvalue weighted by molar-refractivity contribution is 14.1. The first-order valence-electron chi connectivity index (χ1n) is 14.0. The van der Waals surface area contributed by atoms with Gasteiger partial charge in [0.1, 0.15) is 39.4 Å². The second-order valence-corrected chi connectivity index (χ2v) is 15.3. The van der Waals surface area contributed by atoms with Crippen LogP contribution in [-0.4, -0.2) is 92.1 Å². The van der Waals surface area contributed by atoms with Gasteiger partial charge >= 0.3 is 21.3 Å². The molecule has 0 radical (unpaired) electrons. The maximum absolute atomic E-state index is 13.4. The van der Waals surface area contributed by atoms with Gasteiger partial charge in [0, 0.05) is 11.8 Å². The molecule has 2 bridgehead atoms. The van der Waals surface area contributed by atoms with Crippen molar-refractivity contribution in [1.29, 1.82) is 0 Å². The number of nitrogens with zero attached hydrogens (tertiary/aromatic N) is 5. The standard InChI is InChI=1S/C23H27IN8O12P2/c1-8-27-19(24)13-20(28-8)32(6-25-13)12-2-9-4-41-45(37,38)43-17-10(5-42-46(39,40)44-18(12)15(9)33)3-11(16(17)34)31-7-26-14-21(31)29-23(36)30-22(14)35/h6-7,9-12,15-18,33-34H,2-5H2,1H3,(H4,29,30,35,36,37,38,39,40)/p+1/t9-,10-,11-,12-,15?,16?,17?,18?/m1/s1. The summed E-state index contributed by atoms with van der Waals surface area (Å²) in [5.74, 6) is -1.42. The molecule has 0 aromatic carbocycles. The van der Waals surface area contributed by atoms with Crippen molar-refractivity contribution in [2.24, 2.45) is 11.8 Å². The molecule has 20 nitrogen and oxygen atoms in total. The minimum Gasteiger partial charge on any atom is -0.390 e. The van der Waals surface area contributed by atoms with E-state index >= 15 is 0 Å². The quantitative estimate of drug-likeness (QED) is 0.0580. The Balaban J connectivity index is 1.21. The number of rotatable bonds is 2. The minimum absolute atomic E-state index is 0.00104. The van der Waals surface area contributed by atoms with Crippen molar-refractivity contribution in [1.82, 2.24) is 34.5 Å². The number of halogens is 1. The van der Waals surface area contributed by atoms with Crippen LogP contribution in [0.5, 0.6) is 0 Å². The Hall–Kier alpha value is -2.43. The molecule has 2 aliphatic carbocycles. The number of aryl methyl sites for hydroxylation is 1. The van der Waals surface area contributed by atoms with Gasteiger partial charge in [-0.3, -0.25) is 32.9 Å². The highest BCUT2D eigenvalue weighted by Gasteiger charge is 2.53. The summed E-state index contributed by atoms with van der Waals surface area (Å²) in [7, 11) is -9.85. The summed E-state index contributed by atoms with van der Waals surface area (Å²) in [6.07, 6.45) is -3.05. The van der Waals surface area contributed by atoms with Crippen LogP contribution in [0.2, 0.25) is 0 Å². The van der Waals surface area contributed by atoms with Gasteiger partial charge < -0.3 is 24.6 Å². The minimum atomic E-state index is -4.93. The van der Waals surface area contributed by atoms with Crippen molar-refractivity contribution in [3.63, 3.8) is 0 Å². The number of hydrogen-bond acceptors (Lipinski definition) is 13. The van der Waals surface area contributed by atoms with E-state index in [0.29, 0.717) is 20.7 Å². The zero-order chi connectivity index (χ0) is 32.7. The Bertz CT molecular complexity index is 2050. The van der Waals surface area contributed by atoms with Crippen LogP contribution < -0.4 is 15.8 Å². The highest BCUT2D eigenvalue weighted by Crippen LogP contribution is 2.55. The lowest BCUT2D eigenvalue weighted by Crippen LogP contribution is -2.46. The van der Waals surface area contributed by atoms with E-state index in [9.17, 15) is 38.7 Å². The maximum atomic E-state index is 13.4. The van der Waals surface area contributed by atoms with Crippen molar-refractivity contribution in [2.45, 2.75) is 56.3 Å². The Morgan fingerprint density at radius 2 is 1.70 bits per heavy atom. The zero-order valence-corrected chi connectivity index (χ0v) is 27.6. The summed E-state index contributed by atoms with van der Waals surface area (Å²) in [6, 6.07) is -1.78. The fourth-order valence-corrected chi connectivity index (χ4v) is 9.35. The molecule has 1 aliphatic heterocycles. The molecule has 6 unspecified atom stereocenters. The molecule has 23 heteroatoms. The number of phosphoric acid groups is 2. The van der Waals surface area contributed by atoms with Gasteiger partial charge in [-0.05, 0) is 42.4 Å². The lowest BCUT2D eigenvalue weighted by molar-refractivity contribution is -0.706. The molecular weight excluding hydrogens is 769 g/mol. The van der Waals surface area contributed by atoms with Gasteiger partial charge in [-0.25, -0.2) is 38.4 Å². The van der Waals surface area contributed by atoms with E-state index in [1.807, 2.05) is 22.6 Å². The third-order valence-electron chi connectivity index (χ3n) is 8.63. The smallest absolute Gasteiger partial charge is 0.390 e. The van der Waals surface area contributed by atoms with Crippen LogP contribution in [0.15, 0.2) is 22.2 Å². The van der Waals surface area contributed by atoms with Gasteiger partial charge in [0.25, 0.3) is 11.2 Å². The number of hydrogen-bond donors (Lipinski definition) is 7. The molecule has 0 amide bonds. The Morgan fingerprint density at radius 1 is 1.00 bits per heavy atom. The number of phosphoric ester groups is 2. The number of aliphatic hydroxyl groups is 2. The molecule has 0 spiro atoms. The lowest BCUT2D eigenvalue weighted by Gasteiger charge is -2.27. The maximum Gasteiger partial charge on any atom is 0.472 e. The van der Waals surface area contributed by atoms with Crippen LogP contribution in [0.4, 0.5) is 0 Å².